The number of ether oxygens (including phenoxy) is 3. The number of anilines is 1. The van der Waals surface area contributed by atoms with Gasteiger partial charge in [0.2, 0.25) is 0 Å². The number of rotatable bonds is 12. The number of methoxy groups -OCH3 is 1. The first kappa shape index (κ1) is 26.7. The van der Waals surface area contributed by atoms with Crippen molar-refractivity contribution < 1.29 is 19.0 Å². The highest BCUT2D eigenvalue weighted by molar-refractivity contribution is 7.22. The van der Waals surface area contributed by atoms with Gasteiger partial charge in [-0.25, -0.2) is 4.98 Å². The molecule has 0 unspecified atom stereocenters. The monoisotopic (exact) mass is 493 g/mol. The van der Waals surface area contributed by atoms with Crippen molar-refractivity contribution in [1.29, 1.82) is 0 Å². The molecule has 9 heteroatoms. The zero-order valence-electron chi connectivity index (χ0n) is 19.6. The second kappa shape index (κ2) is 13.2. The van der Waals surface area contributed by atoms with Gasteiger partial charge >= 0.3 is 0 Å². The molecule has 0 spiro atoms. The Kier molecular flexibility index (Phi) is 10.7. The minimum Gasteiger partial charge on any atom is -0.497 e. The number of carbonyl (C=O) groups is 1. The minimum absolute atomic E-state index is 0. The Morgan fingerprint density at radius 3 is 2.39 bits per heavy atom. The third-order valence-electron chi connectivity index (χ3n) is 5.13. The molecule has 0 saturated heterocycles. The average Bonchev–Trinajstić information content (AvgIpc) is 3.23. The van der Waals surface area contributed by atoms with Gasteiger partial charge in [0.05, 0.1) is 23.9 Å². The summed E-state index contributed by atoms with van der Waals surface area (Å²) in [7, 11) is 1.60. The Morgan fingerprint density at radius 2 is 1.70 bits per heavy atom. The van der Waals surface area contributed by atoms with Crippen LogP contribution in [0.25, 0.3) is 10.2 Å². The third kappa shape index (κ3) is 7.22. The van der Waals surface area contributed by atoms with Crippen LogP contribution in [0.3, 0.4) is 0 Å². The number of carbonyl (C=O) groups excluding carboxylic acids is 1. The van der Waals surface area contributed by atoms with Gasteiger partial charge in [-0.2, -0.15) is 0 Å². The highest BCUT2D eigenvalue weighted by atomic mass is 35.5. The van der Waals surface area contributed by atoms with E-state index >= 15 is 0 Å². The van der Waals surface area contributed by atoms with Crippen LogP contribution >= 0.6 is 23.7 Å². The van der Waals surface area contributed by atoms with Crippen molar-refractivity contribution in [2.45, 2.75) is 20.8 Å². The van der Waals surface area contributed by atoms with Gasteiger partial charge in [0, 0.05) is 19.2 Å². The summed E-state index contributed by atoms with van der Waals surface area (Å²) in [6, 6.07) is 13.1. The number of nitrogens with zero attached hydrogens (tertiary/aromatic N) is 3. The number of aromatic nitrogens is 1. The van der Waals surface area contributed by atoms with Crippen LogP contribution in [0.15, 0.2) is 42.5 Å². The summed E-state index contributed by atoms with van der Waals surface area (Å²) < 4.78 is 17.6. The van der Waals surface area contributed by atoms with Crippen LogP contribution in [0, 0.1) is 0 Å². The quantitative estimate of drug-likeness (QED) is 0.358. The van der Waals surface area contributed by atoms with E-state index in [1.165, 1.54) is 11.3 Å². The van der Waals surface area contributed by atoms with Crippen LogP contribution in [0.5, 0.6) is 17.2 Å². The molecule has 0 aliphatic heterocycles. The largest absolute Gasteiger partial charge is 0.497 e. The first-order chi connectivity index (χ1) is 15.6. The van der Waals surface area contributed by atoms with Crippen molar-refractivity contribution in [3.05, 3.63) is 42.5 Å². The standard InChI is InChI=1S/C24H31N3O4S.ClH/c1-5-26(6-2)13-14-27(23(28)17-31-19-10-8-9-18(15-19)29-4)24-25-21-12-11-20(30-7-3)16-22(21)32-24;/h8-12,15-16H,5-7,13-14,17H2,1-4H3;1H. The minimum atomic E-state index is -0.135. The maximum absolute atomic E-state index is 13.2. The molecule has 0 fully saturated rings. The molecule has 33 heavy (non-hydrogen) atoms. The van der Waals surface area contributed by atoms with E-state index < -0.39 is 0 Å². The third-order valence-corrected chi connectivity index (χ3v) is 6.17. The van der Waals surface area contributed by atoms with Crippen LogP contribution in [0.2, 0.25) is 0 Å². The zero-order chi connectivity index (χ0) is 22.9. The van der Waals surface area contributed by atoms with Gasteiger partial charge < -0.3 is 19.1 Å². The van der Waals surface area contributed by atoms with Gasteiger partial charge in [0.15, 0.2) is 11.7 Å². The van der Waals surface area contributed by atoms with Crippen molar-refractivity contribution in [3.8, 4) is 17.2 Å². The first-order valence-corrected chi connectivity index (χ1v) is 11.7. The van der Waals surface area contributed by atoms with Crippen LogP contribution in [-0.2, 0) is 4.79 Å². The average molecular weight is 494 g/mol. The topological polar surface area (TPSA) is 64.1 Å². The van der Waals surface area contributed by atoms with E-state index in [1.54, 1.807) is 18.1 Å². The van der Waals surface area contributed by atoms with Crippen LogP contribution in [0.4, 0.5) is 5.13 Å². The molecule has 1 heterocycles. The normalized spacial score (nSPS) is 10.7. The van der Waals surface area contributed by atoms with Crippen molar-refractivity contribution in [2.24, 2.45) is 0 Å². The summed E-state index contributed by atoms with van der Waals surface area (Å²) in [5.41, 5.74) is 0.850. The van der Waals surface area contributed by atoms with Crippen molar-refractivity contribution >= 4 is 45.0 Å². The second-order valence-electron chi connectivity index (χ2n) is 7.10. The number of amides is 1. The lowest BCUT2D eigenvalue weighted by molar-refractivity contribution is -0.120. The molecule has 0 bridgehead atoms. The SMILES string of the molecule is CCOc1ccc2nc(N(CCN(CC)CC)C(=O)COc3cccc(OC)c3)sc2c1.Cl. The van der Waals surface area contributed by atoms with Gasteiger partial charge in [-0.15, -0.1) is 12.4 Å². The lowest BCUT2D eigenvalue weighted by Gasteiger charge is -2.24. The summed E-state index contributed by atoms with van der Waals surface area (Å²) in [6.45, 7) is 9.88. The molecule has 0 N–H and O–H groups in total. The maximum atomic E-state index is 13.2. The Morgan fingerprint density at radius 1 is 0.970 bits per heavy atom. The van der Waals surface area contributed by atoms with Crippen molar-refractivity contribution in [1.82, 2.24) is 9.88 Å². The van der Waals surface area contributed by atoms with E-state index in [2.05, 4.69) is 18.7 Å². The molecule has 1 aromatic heterocycles. The van der Waals surface area contributed by atoms with E-state index in [0.29, 0.717) is 29.8 Å². The molecule has 7 nitrogen and oxygen atoms in total. The molecule has 3 rings (SSSR count). The number of hydrogen-bond donors (Lipinski definition) is 0. The molecular weight excluding hydrogens is 462 g/mol. The molecule has 0 saturated carbocycles. The van der Waals surface area contributed by atoms with Gasteiger partial charge in [0.25, 0.3) is 5.91 Å². The Labute approximate surface area is 205 Å². The zero-order valence-corrected chi connectivity index (χ0v) is 21.2. The summed E-state index contributed by atoms with van der Waals surface area (Å²) in [6.07, 6.45) is 0. The van der Waals surface area contributed by atoms with Crippen LogP contribution in [-0.4, -0.2) is 62.3 Å². The predicted octanol–water partition coefficient (Wildman–Crippen LogP) is 4.88. The van der Waals surface area contributed by atoms with Gasteiger partial charge in [-0.3, -0.25) is 9.69 Å². The fourth-order valence-corrected chi connectivity index (χ4v) is 4.32. The van der Waals surface area contributed by atoms with Gasteiger partial charge in [-0.05, 0) is 50.3 Å². The number of benzene rings is 2. The van der Waals surface area contributed by atoms with Crippen molar-refractivity contribution in [2.75, 3.05) is 51.4 Å². The molecule has 3 aromatic rings. The molecule has 2 aromatic carbocycles. The highest BCUT2D eigenvalue weighted by Gasteiger charge is 2.21. The summed E-state index contributed by atoms with van der Waals surface area (Å²) in [4.78, 5) is 21.9. The fourth-order valence-electron chi connectivity index (χ4n) is 3.29. The molecule has 0 radical (unpaired) electrons. The van der Waals surface area contributed by atoms with Crippen LogP contribution in [0.1, 0.15) is 20.8 Å². The number of likely N-dealkylation sites (N-methyl/N-ethyl adjacent to an activating group) is 1. The number of fused-ring (bicyclic) bond motifs is 1. The van der Waals surface area contributed by atoms with E-state index in [1.807, 2.05) is 43.3 Å². The first-order valence-electron chi connectivity index (χ1n) is 10.9. The van der Waals surface area contributed by atoms with Gasteiger partial charge in [0.1, 0.15) is 17.2 Å². The summed E-state index contributed by atoms with van der Waals surface area (Å²) in [5, 5.41) is 0.667. The number of halogens is 1. The van der Waals surface area contributed by atoms with E-state index in [4.69, 9.17) is 19.2 Å². The number of hydrogen-bond acceptors (Lipinski definition) is 7. The van der Waals surface area contributed by atoms with Gasteiger partial charge in [-0.1, -0.05) is 31.3 Å². The van der Waals surface area contributed by atoms with E-state index in [0.717, 1.165) is 35.6 Å². The molecule has 0 aliphatic carbocycles. The Balaban J connectivity index is 0.00000385. The Bertz CT molecular complexity index is 1030. The smallest absolute Gasteiger partial charge is 0.266 e. The Hall–Kier alpha value is -2.55. The predicted molar refractivity (Wildman–Crippen MR) is 137 cm³/mol. The molecule has 0 atom stereocenters. The summed E-state index contributed by atoms with van der Waals surface area (Å²) in [5.74, 6) is 1.94. The number of thiazole rings is 1. The lowest BCUT2D eigenvalue weighted by Crippen LogP contribution is -2.41. The molecular formula is C24H32ClN3O4S. The molecule has 1 amide bonds. The molecule has 180 valence electrons. The van der Waals surface area contributed by atoms with E-state index in [-0.39, 0.29) is 24.9 Å². The fraction of sp³-hybridized carbons (Fsp3) is 0.417. The molecule has 0 aliphatic rings. The van der Waals surface area contributed by atoms with Crippen LogP contribution < -0.4 is 19.1 Å². The second-order valence-corrected chi connectivity index (χ2v) is 8.11. The lowest BCUT2D eigenvalue weighted by atomic mass is 10.3. The maximum Gasteiger partial charge on any atom is 0.266 e. The van der Waals surface area contributed by atoms with Crippen molar-refractivity contribution in [3.63, 3.8) is 0 Å². The summed E-state index contributed by atoms with van der Waals surface area (Å²) >= 11 is 1.49. The van der Waals surface area contributed by atoms with E-state index in [9.17, 15) is 4.79 Å². The highest BCUT2D eigenvalue weighted by Crippen LogP contribution is 2.32.